The van der Waals surface area contributed by atoms with Crippen LogP contribution in [0.2, 0.25) is 0 Å². The number of ether oxygens (including phenoxy) is 4. The summed E-state index contributed by atoms with van der Waals surface area (Å²) in [5, 5.41) is 10.6. The summed E-state index contributed by atoms with van der Waals surface area (Å²) < 4.78 is 68.2. The minimum Gasteiger partial charge on any atom is -0.462 e. The number of rotatable bonds is 66. The maximum absolute atomic E-state index is 13.0. The molecule has 0 aromatic carbocycles. The van der Waals surface area contributed by atoms with Gasteiger partial charge in [-0.15, -0.1) is 0 Å². The summed E-state index contributed by atoms with van der Waals surface area (Å²) >= 11 is 0. The van der Waals surface area contributed by atoms with Gasteiger partial charge < -0.3 is 33.8 Å². The Kier molecular flexibility index (Phi) is 57.6. The normalized spacial score (nSPS) is 14.3. The lowest BCUT2D eigenvalue weighted by atomic mass is 10.0. The van der Waals surface area contributed by atoms with E-state index in [0.29, 0.717) is 31.6 Å². The molecule has 522 valence electrons. The molecule has 0 amide bonds. The third-order valence-electron chi connectivity index (χ3n) is 15.8. The lowest BCUT2D eigenvalue weighted by molar-refractivity contribution is -0.161. The molecule has 0 rings (SSSR count). The van der Waals surface area contributed by atoms with Gasteiger partial charge in [-0.1, -0.05) is 287 Å². The average molecular weight is 1300 g/mol. The molecule has 3 N–H and O–H groups in total. The predicted octanol–water partition coefficient (Wildman–Crippen LogP) is 19.3. The van der Waals surface area contributed by atoms with Gasteiger partial charge in [-0.2, -0.15) is 0 Å². The highest BCUT2D eigenvalue weighted by atomic mass is 31.2. The van der Waals surface area contributed by atoms with Crippen molar-refractivity contribution in [3.8, 4) is 0 Å². The van der Waals surface area contributed by atoms with Crippen molar-refractivity contribution in [1.29, 1.82) is 0 Å². The Hall–Kier alpha value is -1.94. The first-order chi connectivity index (χ1) is 42.1. The number of phosphoric acid groups is 2. The summed E-state index contributed by atoms with van der Waals surface area (Å²) in [6.07, 6.45) is 40.6. The van der Waals surface area contributed by atoms with Crippen molar-refractivity contribution in [2.45, 2.75) is 356 Å². The molecule has 0 saturated carbocycles. The molecule has 3 unspecified atom stereocenters. The molecule has 0 fully saturated rings. The Morgan fingerprint density at radius 2 is 0.477 bits per heavy atom. The third-order valence-corrected chi connectivity index (χ3v) is 17.7. The minimum absolute atomic E-state index is 0.102. The molecule has 19 heteroatoms. The summed E-state index contributed by atoms with van der Waals surface area (Å²) in [6, 6.07) is 0. The molecule has 0 saturated heterocycles. The molecule has 17 nitrogen and oxygen atoms in total. The zero-order valence-electron chi connectivity index (χ0n) is 57.3. The van der Waals surface area contributed by atoms with Crippen LogP contribution in [0.3, 0.4) is 0 Å². The second kappa shape index (κ2) is 58.8. The molecular weight excluding hydrogens is 1160 g/mol. The number of hydrogen-bond donors (Lipinski definition) is 3. The number of phosphoric ester groups is 2. The largest absolute Gasteiger partial charge is 0.472 e. The van der Waals surface area contributed by atoms with Crippen LogP contribution < -0.4 is 0 Å². The summed E-state index contributed by atoms with van der Waals surface area (Å²) in [5.74, 6) is 0.776. The van der Waals surface area contributed by atoms with Gasteiger partial charge >= 0.3 is 39.5 Å². The molecule has 5 atom stereocenters. The maximum atomic E-state index is 13.0. The molecule has 0 aliphatic carbocycles. The Morgan fingerprint density at radius 1 is 0.284 bits per heavy atom. The first kappa shape index (κ1) is 86.1. The number of carbonyl (C=O) groups is 4. The third kappa shape index (κ3) is 62.8. The zero-order chi connectivity index (χ0) is 65.4. The van der Waals surface area contributed by atoms with E-state index in [-0.39, 0.29) is 25.7 Å². The number of carbonyl (C=O) groups excluding carboxylic acids is 4. The van der Waals surface area contributed by atoms with Gasteiger partial charge in [0.15, 0.2) is 12.2 Å². The number of aliphatic hydroxyl groups excluding tert-OH is 1. The van der Waals surface area contributed by atoms with Gasteiger partial charge in [0.05, 0.1) is 26.4 Å². The molecule has 0 heterocycles. The zero-order valence-corrected chi connectivity index (χ0v) is 59.1. The Morgan fingerprint density at radius 3 is 0.705 bits per heavy atom. The first-order valence-electron chi connectivity index (χ1n) is 35.7. The molecular formula is C69H134O17P2. The highest BCUT2D eigenvalue weighted by Gasteiger charge is 2.30. The van der Waals surface area contributed by atoms with E-state index < -0.39 is 97.5 Å². The molecule has 0 aromatic rings. The van der Waals surface area contributed by atoms with Crippen LogP contribution in [0.1, 0.15) is 338 Å². The van der Waals surface area contributed by atoms with Gasteiger partial charge in [-0.05, 0) is 49.4 Å². The van der Waals surface area contributed by atoms with E-state index in [1.165, 1.54) is 141 Å². The van der Waals surface area contributed by atoms with Gasteiger partial charge in [0.25, 0.3) is 0 Å². The number of unbranched alkanes of at least 4 members (excludes halogenated alkanes) is 32. The minimum atomic E-state index is -4.95. The molecule has 0 bridgehead atoms. The van der Waals surface area contributed by atoms with Crippen LogP contribution in [0.4, 0.5) is 0 Å². The van der Waals surface area contributed by atoms with Crippen LogP contribution in [-0.4, -0.2) is 96.7 Å². The maximum Gasteiger partial charge on any atom is 0.472 e. The lowest BCUT2D eigenvalue weighted by Crippen LogP contribution is -2.30. The van der Waals surface area contributed by atoms with Crippen LogP contribution in [0.15, 0.2) is 0 Å². The van der Waals surface area contributed by atoms with E-state index in [1.54, 1.807) is 0 Å². The summed E-state index contributed by atoms with van der Waals surface area (Å²) in [4.78, 5) is 72.4. The number of hydrogen-bond acceptors (Lipinski definition) is 15. The fourth-order valence-corrected chi connectivity index (χ4v) is 11.9. The van der Waals surface area contributed by atoms with Gasteiger partial charge in [-0.3, -0.25) is 37.3 Å². The van der Waals surface area contributed by atoms with Crippen LogP contribution in [0.5, 0.6) is 0 Å². The summed E-state index contributed by atoms with van der Waals surface area (Å²) in [5.41, 5.74) is 0. The standard InChI is InChI=1S/C69H134O17P2/c1-59(2)45-37-29-21-15-13-11-9-10-12-14-16-24-33-41-49-66(71)79-56-65(86-69(74)52-44-36-28-27-32-40-48-62(7)8)58-84-88(77,78)82-54-63(70)53-81-87(75,76)83-57-64(85-68(73)51-43-35-26-20-18-23-31-39-47-61(5)6)55-80-67(72)50-42-34-25-19-17-22-30-38-46-60(3)4/h59-65,70H,9-58H2,1-8H3,(H,75,76)(H,77,78)/t63?,64-,65-/m1/s1. The van der Waals surface area contributed by atoms with Crippen LogP contribution >= 0.6 is 15.6 Å². The Labute approximate surface area is 537 Å². The van der Waals surface area contributed by atoms with Crippen molar-refractivity contribution in [1.82, 2.24) is 0 Å². The highest BCUT2D eigenvalue weighted by molar-refractivity contribution is 7.47. The van der Waals surface area contributed by atoms with E-state index in [4.69, 9.17) is 37.0 Å². The fraction of sp³-hybridized carbons (Fsp3) is 0.942. The molecule has 0 radical (unpaired) electrons. The van der Waals surface area contributed by atoms with Crippen molar-refractivity contribution in [2.24, 2.45) is 23.7 Å². The second-order valence-electron chi connectivity index (χ2n) is 26.8. The fourth-order valence-electron chi connectivity index (χ4n) is 10.3. The topological polar surface area (TPSA) is 237 Å². The SMILES string of the molecule is CC(C)CCCCCCCCCCCCCCCCC(=O)OC[C@H](COP(=O)(O)OCC(O)COP(=O)(O)OC[C@@H](COC(=O)CCCCCCCCCCC(C)C)OC(=O)CCCCCCCCCCC(C)C)OC(=O)CCCCCCCCC(C)C. The van der Waals surface area contributed by atoms with E-state index in [9.17, 15) is 43.2 Å². The average Bonchev–Trinajstić information content (AvgIpc) is 3.53. The van der Waals surface area contributed by atoms with E-state index in [0.717, 1.165) is 108 Å². The smallest absolute Gasteiger partial charge is 0.462 e. The predicted molar refractivity (Wildman–Crippen MR) is 354 cm³/mol. The quantitative estimate of drug-likeness (QED) is 0.0222. The van der Waals surface area contributed by atoms with Crippen LogP contribution in [-0.2, 0) is 65.4 Å². The molecule has 0 aliphatic rings. The van der Waals surface area contributed by atoms with E-state index >= 15 is 0 Å². The van der Waals surface area contributed by atoms with Crippen molar-refractivity contribution in [2.75, 3.05) is 39.6 Å². The Balaban J connectivity index is 5.19. The van der Waals surface area contributed by atoms with Gasteiger partial charge in [0.2, 0.25) is 0 Å². The monoisotopic (exact) mass is 1300 g/mol. The molecule has 0 spiro atoms. The van der Waals surface area contributed by atoms with Crippen molar-refractivity contribution < 1.29 is 80.2 Å². The molecule has 88 heavy (non-hydrogen) atoms. The van der Waals surface area contributed by atoms with Crippen LogP contribution in [0.25, 0.3) is 0 Å². The van der Waals surface area contributed by atoms with Gasteiger partial charge in [0.1, 0.15) is 19.3 Å². The van der Waals surface area contributed by atoms with Crippen molar-refractivity contribution in [3.05, 3.63) is 0 Å². The van der Waals surface area contributed by atoms with Crippen molar-refractivity contribution in [3.63, 3.8) is 0 Å². The second-order valence-corrected chi connectivity index (χ2v) is 29.7. The molecule has 0 aromatic heterocycles. The van der Waals surface area contributed by atoms with Gasteiger partial charge in [-0.25, -0.2) is 9.13 Å². The number of esters is 4. The van der Waals surface area contributed by atoms with Crippen molar-refractivity contribution >= 4 is 39.5 Å². The summed E-state index contributed by atoms with van der Waals surface area (Å²) in [6.45, 7) is 14.0. The summed E-state index contributed by atoms with van der Waals surface area (Å²) in [7, 11) is -9.90. The van der Waals surface area contributed by atoms with Crippen LogP contribution in [0, 0.1) is 23.7 Å². The number of aliphatic hydroxyl groups is 1. The van der Waals surface area contributed by atoms with E-state index in [2.05, 4.69) is 55.4 Å². The first-order valence-corrected chi connectivity index (χ1v) is 38.7. The van der Waals surface area contributed by atoms with Gasteiger partial charge in [0, 0.05) is 25.7 Å². The molecule has 0 aliphatic heterocycles. The Bertz CT molecular complexity index is 1750. The highest BCUT2D eigenvalue weighted by Crippen LogP contribution is 2.45. The lowest BCUT2D eigenvalue weighted by Gasteiger charge is -2.21. The van der Waals surface area contributed by atoms with E-state index in [1.807, 2.05) is 0 Å².